The van der Waals surface area contributed by atoms with Crippen LogP contribution in [0.4, 0.5) is 27.1 Å². The molecule has 108 valence electrons. The van der Waals surface area contributed by atoms with E-state index in [1.54, 1.807) is 6.07 Å². The highest BCUT2D eigenvalue weighted by atomic mass is 35.5. The molecule has 4 N–H and O–H groups in total. The van der Waals surface area contributed by atoms with Gasteiger partial charge in [-0.05, 0) is 42.3 Å². The smallest absolute Gasteiger partial charge is 0.224 e. The molecule has 0 fully saturated rings. The maximum absolute atomic E-state index is 13.8. The quantitative estimate of drug-likeness (QED) is 0.741. The van der Waals surface area contributed by atoms with Crippen LogP contribution < -0.4 is 16.4 Å². The topological polar surface area (TPSA) is 67.1 Å². The van der Waals surface area contributed by atoms with Crippen LogP contribution in [0.1, 0.15) is 12.0 Å². The minimum Gasteiger partial charge on any atom is -0.397 e. The number of amides is 1. The number of hydrogen-bond acceptors (Lipinski definition) is 3. The molecule has 2 aromatic carbocycles. The molecule has 0 bridgehead atoms. The van der Waals surface area contributed by atoms with E-state index in [4.69, 9.17) is 17.3 Å². The summed E-state index contributed by atoms with van der Waals surface area (Å²) in [5.41, 5.74) is 8.91. The number of aryl methyl sites for hydroxylation is 1. The van der Waals surface area contributed by atoms with Gasteiger partial charge in [-0.15, -0.1) is 0 Å². The van der Waals surface area contributed by atoms with Gasteiger partial charge < -0.3 is 16.4 Å². The van der Waals surface area contributed by atoms with Crippen LogP contribution in [0, 0.1) is 5.82 Å². The van der Waals surface area contributed by atoms with Crippen LogP contribution in [-0.4, -0.2) is 5.91 Å². The highest BCUT2D eigenvalue weighted by Gasteiger charge is 2.17. The number of carbonyl (C=O) groups excluding carboxylic acids is 1. The molecule has 1 amide bonds. The lowest BCUT2D eigenvalue weighted by molar-refractivity contribution is -0.116. The van der Waals surface area contributed by atoms with Crippen LogP contribution in [0.15, 0.2) is 30.3 Å². The fourth-order valence-corrected chi connectivity index (χ4v) is 2.46. The van der Waals surface area contributed by atoms with E-state index >= 15 is 0 Å². The average molecular weight is 306 g/mol. The standard InChI is InChI=1S/C15H13ClFN3O/c16-9-2-3-10(17)13(6-9)19-14-5-8-1-4-15(21)20-12(8)7-11(14)18/h2-3,5-7,19H,1,4,18H2,(H,20,21). The number of nitrogens with two attached hydrogens (primary N) is 1. The molecule has 1 aliphatic rings. The zero-order chi connectivity index (χ0) is 15.0. The third-order valence-electron chi connectivity index (χ3n) is 3.37. The van der Waals surface area contributed by atoms with Crippen molar-refractivity contribution in [3.63, 3.8) is 0 Å². The second kappa shape index (κ2) is 5.26. The van der Waals surface area contributed by atoms with Crippen LogP contribution in [0.2, 0.25) is 5.02 Å². The molecule has 1 aliphatic heterocycles. The third kappa shape index (κ3) is 2.78. The third-order valence-corrected chi connectivity index (χ3v) is 3.60. The van der Waals surface area contributed by atoms with Gasteiger partial charge in [-0.3, -0.25) is 4.79 Å². The normalized spacial score (nSPS) is 13.5. The van der Waals surface area contributed by atoms with E-state index in [-0.39, 0.29) is 11.6 Å². The SMILES string of the molecule is Nc1cc2c(cc1Nc1cc(Cl)ccc1F)CCC(=O)N2. The number of nitrogen functional groups attached to an aromatic ring is 1. The second-order valence-corrected chi connectivity index (χ2v) is 5.33. The molecule has 0 aliphatic carbocycles. The van der Waals surface area contributed by atoms with Gasteiger partial charge in [-0.25, -0.2) is 4.39 Å². The maximum Gasteiger partial charge on any atom is 0.224 e. The Hall–Kier alpha value is -2.27. The Morgan fingerprint density at radius 2 is 2.00 bits per heavy atom. The summed E-state index contributed by atoms with van der Waals surface area (Å²) < 4.78 is 13.8. The molecule has 0 radical (unpaired) electrons. The molecule has 0 aromatic heterocycles. The molecular formula is C15H13ClFN3O. The summed E-state index contributed by atoms with van der Waals surface area (Å²) in [5.74, 6) is -0.437. The molecule has 3 rings (SSSR count). The van der Waals surface area contributed by atoms with E-state index < -0.39 is 5.82 Å². The van der Waals surface area contributed by atoms with Gasteiger partial charge in [0.25, 0.3) is 0 Å². The Bertz CT molecular complexity index is 733. The second-order valence-electron chi connectivity index (χ2n) is 4.89. The van der Waals surface area contributed by atoms with Gasteiger partial charge in [0, 0.05) is 17.1 Å². The van der Waals surface area contributed by atoms with Crippen molar-refractivity contribution in [2.75, 3.05) is 16.4 Å². The van der Waals surface area contributed by atoms with Crippen molar-refractivity contribution in [3.05, 3.63) is 46.7 Å². The number of benzene rings is 2. The van der Waals surface area contributed by atoms with Gasteiger partial charge in [0.05, 0.1) is 17.1 Å². The van der Waals surface area contributed by atoms with Gasteiger partial charge in [0.1, 0.15) is 5.82 Å². The van der Waals surface area contributed by atoms with Crippen molar-refractivity contribution in [1.29, 1.82) is 0 Å². The van der Waals surface area contributed by atoms with Crippen molar-refractivity contribution in [2.24, 2.45) is 0 Å². The van der Waals surface area contributed by atoms with Gasteiger partial charge in [-0.2, -0.15) is 0 Å². The molecule has 0 atom stereocenters. The van der Waals surface area contributed by atoms with Crippen molar-refractivity contribution < 1.29 is 9.18 Å². The summed E-state index contributed by atoms with van der Waals surface area (Å²) in [6, 6.07) is 7.77. The van der Waals surface area contributed by atoms with Gasteiger partial charge in [0.2, 0.25) is 5.91 Å². The van der Waals surface area contributed by atoms with Crippen molar-refractivity contribution in [1.82, 2.24) is 0 Å². The number of carbonyl (C=O) groups is 1. The van der Waals surface area contributed by atoms with Crippen molar-refractivity contribution in [2.45, 2.75) is 12.8 Å². The predicted molar refractivity (Wildman–Crippen MR) is 82.5 cm³/mol. The molecule has 0 unspecified atom stereocenters. The molecule has 4 nitrogen and oxygen atoms in total. The summed E-state index contributed by atoms with van der Waals surface area (Å²) in [4.78, 5) is 11.4. The first-order valence-corrected chi connectivity index (χ1v) is 6.85. The zero-order valence-corrected chi connectivity index (χ0v) is 11.8. The molecule has 1 heterocycles. The Labute approximate surface area is 126 Å². The van der Waals surface area contributed by atoms with Gasteiger partial charge in [-0.1, -0.05) is 11.6 Å². The number of anilines is 4. The Balaban J connectivity index is 1.96. The summed E-state index contributed by atoms with van der Waals surface area (Å²) in [6.07, 6.45) is 1.07. The maximum atomic E-state index is 13.8. The van der Waals surface area contributed by atoms with Crippen molar-refractivity contribution in [3.8, 4) is 0 Å². The average Bonchev–Trinajstić information content (AvgIpc) is 2.44. The molecule has 0 spiro atoms. The van der Waals surface area contributed by atoms with E-state index in [1.165, 1.54) is 18.2 Å². The molecule has 6 heteroatoms. The van der Waals surface area contributed by atoms with E-state index in [9.17, 15) is 9.18 Å². The first-order valence-electron chi connectivity index (χ1n) is 6.47. The lowest BCUT2D eigenvalue weighted by Crippen LogP contribution is -2.19. The van der Waals surface area contributed by atoms with Crippen LogP contribution in [0.5, 0.6) is 0 Å². The summed E-state index contributed by atoms with van der Waals surface area (Å²) >= 11 is 5.87. The molecule has 2 aromatic rings. The van der Waals surface area contributed by atoms with E-state index in [1.807, 2.05) is 6.07 Å². The predicted octanol–water partition coefficient (Wildman–Crippen LogP) is 3.69. The largest absolute Gasteiger partial charge is 0.397 e. The molecule has 0 saturated carbocycles. The van der Waals surface area contributed by atoms with E-state index in [0.717, 1.165) is 5.56 Å². The minimum absolute atomic E-state index is 0.0245. The molecular weight excluding hydrogens is 293 g/mol. The van der Waals surface area contributed by atoms with E-state index in [0.29, 0.717) is 34.9 Å². The fraction of sp³-hybridized carbons (Fsp3) is 0.133. The first kappa shape index (κ1) is 13.7. The Morgan fingerprint density at radius 1 is 1.19 bits per heavy atom. The zero-order valence-electron chi connectivity index (χ0n) is 11.0. The Kier molecular flexibility index (Phi) is 3.43. The number of rotatable bonds is 2. The number of fused-ring (bicyclic) bond motifs is 1. The lowest BCUT2D eigenvalue weighted by Gasteiger charge is -2.20. The monoisotopic (exact) mass is 305 g/mol. The van der Waals surface area contributed by atoms with Crippen LogP contribution in [-0.2, 0) is 11.2 Å². The van der Waals surface area contributed by atoms with Crippen LogP contribution >= 0.6 is 11.6 Å². The highest BCUT2D eigenvalue weighted by Crippen LogP contribution is 2.33. The number of halogens is 2. The van der Waals surface area contributed by atoms with Gasteiger partial charge >= 0.3 is 0 Å². The summed E-state index contributed by atoms with van der Waals surface area (Å²) in [5, 5.41) is 6.15. The number of nitrogens with one attached hydrogen (secondary N) is 2. The van der Waals surface area contributed by atoms with Gasteiger partial charge in [0.15, 0.2) is 0 Å². The van der Waals surface area contributed by atoms with Crippen LogP contribution in [0.25, 0.3) is 0 Å². The van der Waals surface area contributed by atoms with Crippen molar-refractivity contribution >= 4 is 40.3 Å². The summed E-state index contributed by atoms with van der Waals surface area (Å²) in [7, 11) is 0. The minimum atomic E-state index is -0.412. The Morgan fingerprint density at radius 3 is 2.81 bits per heavy atom. The van der Waals surface area contributed by atoms with E-state index in [2.05, 4.69) is 10.6 Å². The molecule has 21 heavy (non-hydrogen) atoms. The fourth-order valence-electron chi connectivity index (χ4n) is 2.29. The lowest BCUT2D eigenvalue weighted by atomic mass is 10.0. The summed E-state index contributed by atoms with van der Waals surface area (Å²) in [6.45, 7) is 0. The molecule has 0 saturated heterocycles. The first-order chi connectivity index (χ1) is 10.0. The number of hydrogen-bond donors (Lipinski definition) is 3. The van der Waals surface area contributed by atoms with Crippen LogP contribution in [0.3, 0.4) is 0 Å². The highest BCUT2D eigenvalue weighted by molar-refractivity contribution is 6.30.